The van der Waals surface area contributed by atoms with E-state index in [1.807, 2.05) is 29.9 Å². The smallest absolute Gasteiger partial charge is 0.257 e. The van der Waals surface area contributed by atoms with Crippen molar-refractivity contribution in [3.8, 4) is 0 Å². The zero-order valence-electron chi connectivity index (χ0n) is 17.2. The summed E-state index contributed by atoms with van der Waals surface area (Å²) in [6.07, 6.45) is 6.65. The Morgan fingerprint density at radius 1 is 1.38 bits per heavy atom. The minimum Gasteiger partial charge on any atom is -0.472 e. The monoisotopic (exact) mass is 397 g/mol. The number of carbonyl (C=O) groups is 1. The molecule has 4 heterocycles. The van der Waals surface area contributed by atoms with Gasteiger partial charge in [0.05, 0.1) is 30.3 Å². The number of imidazole rings is 1. The molecule has 8 nitrogen and oxygen atoms in total. The SMILES string of the molecule is COCCN(C)c1nc(C2CCN(C(=O)c3ccoc3)CC2)cc2c1ncn2C. The van der Waals surface area contributed by atoms with E-state index >= 15 is 0 Å². The molecule has 1 fully saturated rings. The van der Waals surface area contributed by atoms with Gasteiger partial charge in [-0.05, 0) is 25.0 Å². The minimum atomic E-state index is 0.0345. The van der Waals surface area contributed by atoms with Gasteiger partial charge in [-0.2, -0.15) is 0 Å². The summed E-state index contributed by atoms with van der Waals surface area (Å²) < 4.78 is 12.3. The third-order valence-corrected chi connectivity index (χ3v) is 5.68. The molecule has 1 saturated heterocycles. The van der Waals surface area contributed by atoms with Gasteiger partial charge in [0.1, 0.15) is 11.8 Å². The lowest BCUT2D eigenvalue weighted by Crippen LogP contribution is -2.38. The number of amides is 1. The number of aromatic nitrogens is 3. The molecule has 3 aromatic rings. The van der Waals surface area contributed by atoms with Gasteiger partial charge in [-0.25, -0.2) is 9.97 Å². The molecule has 29 heavy (non-hydrogen) atoms. The number of rotatable bonds is 6. The molecule has 0 unspecified atom stereocenters. The van der Waals surface area contributed by atoms with E-state index in [9.17, 15) is 4.79 Å². The fraction of sp³-hybridized carbons (Fsp3) is 0.476. The first kappa shape index (κ1) is 19.4. The number of furan rings is 1. The lowest BCUT2D eigenvalue weighted by atomic mass is 9.92. The van der Waals surface area contributed by atoms with Gasteiger partial charge in [-0.1, -0.05) is 0 Å². The second-order valence-corrected chi connectivity index (χ2v) is 7.59. The molecule has 0 radical (unpaired) electrons. The average Bonchev–Trinajstić information content (AvgIpc) is 3.41. The maximum atomic E-state index is 12.6. The molecule has 154 valence electrons. The van der Waals surface area contributed by atoms with Crippen LogP contribution in [-0.4, -0.2) is 65.7 Å². The van der Waals surface area contributed by atoms with Crippen LogP contribution in [0.1, 0.15) is 34.8 Å². The molecule has 1 amide bonds. The van der Waals surface area contributed by atoms with Gasteiger partial charge in [0.2, 0.25) is 0 Å². The summed E-state index contributed by atoms with van der Waals surface area (Å²) in [5.74, 6) is 1.23. The van der Waals surface area contributed by atoms with Crippen LogP contribution in [0.4, 0.5) is 5.82 Å². The first-order valence-corrected chi connectivity index (χ1v) is 9.92. The molecule has 0 N–H and O–H groups in total. The van der Waals surface area contributed by atoms with Crippen LogP contribution >= 0.6 is 0 Å². The number of methoxy groups -OCH3 is 1. The maximum absolute atomic E-state index is 12.6. The van der Waals surface area contributed by atoms with Crippen LogP contribution < -0.4 is 4.90 Å². The highest BCUT2D eigenvalue weighted by atomic mass is 16.5. The lowest BCUT2D eigenvalue weighted by Gasteiger charge is -2.32. The van der Waals surface area contributed by atoms with Gasteiger partial charge in [0, 0.05) is 52.5 Å². The quantitative estimate of drug-likeness (QED) is 0.636. The van der Waals surface area contributed by atoms with Crippen LogP contribution in [-0.2, 0) is 11.8 Å². The van der Waals surface area contributed by atoms with Gasteiger partial charge < -0.3 is 23.5 Å². The van der Waals surface area contributed by atoms with Crippen molar-refractivity contribution in [3.63, 3.8) is 0 Å². The Balaban J connectivity index is 1.55. The molecule has 8 heteroatoms. The Kier molecular flexibility index (Phi) is 5.53. The Hall–Kier alpha value is -2.87. The molecule has 0 saturated carbocycles. The molecule has 0 aromatic carbocycles. The Morgan fingerprint density at radius 3 is 2.86 bits per heavy atom. The number of fused-ring (bicyclic) bond motifs is 1. The molecule has 0 spiro atoms. The van der Waals surface area contributed by atoms with Crippen molar-refractivity contribution in [3.05, 3.63) is 42.2 Å². The second kappa shape index (κ2) is 8.24. The van der Waals surface area contributed by atoms with Crippen molar-refractivity contribution < 1.29 is 13.9 Å². The molecule has 0 bridgehead atoms. The number of likely N-dealkylation sites (N-methyl/N-ethyl adjacent to an activating group) is 1. The predicted octanol–water partition coefficient (Wildman–Crippen LogP) is 2.66. The van der Waals surface area contributed by atoms with E-state index in [-0.39, 0.29) is 5.91 Å². The van der Waals surface area contributed by atoms with Crippen molar-refractivity contribution in [1.82, 2.24) is 19.4 Å². The topological polar surface area (TPSA) is 76.6 Å². The van der Waals surface area contributed by atoms with Crippen LogP contribution in [0.2, 0.25) is 0 Å². The van der Waals surface area contributed by atoms with Crippen LogP contribution in [0.3, 0.4) is 0 Å². The maximum Gasteiger partial charge on any atom is 0.257 e. The van der Waals surface area contributed by atoms with E-state index in [2.05, 4.69) is 16.0 Å². The summed E-state index contributed by atoms with van der Waals surface area (Å²) in [6.45, 7) is 2.81. The number of aryl methyl sites for hydroxylation is 1. The highest BCUT2D eigenvalue weighted by Crippen LogP contribution is 2.32. The van der Waals surface area contributed by atoms with Gasteiger partial charge in [0.25, 0.3) is 5.91 Å². The van der Waals surface area contributed by atoms with E-state index < -0.39 is 0 Å². The molecular formula is C21H27N5O3. The summed E-state index contributed by atoms with van der Waals surface area (Å²) in [5, 5.41) is 0. The summed E-state index contributed by atoms with van der Waals surface area (Å²) in [5.41, 5.74) is 3.66. The number of hydrogen-bond acceptors (Lipinski definition) is 6. The third-order valence-electron chi connectivity index (χ3n) is 5.68. The number of pyridine rings is 1. The van der Waals surface area contributed by atoms with Crippen LogP contribution in [0, 0.1) is 0 Å². The van der Waals surface area contributed by atoms with Crippen LogP contribution in [0.25, 0.3) is 11.0 Å². The number of piperidine rings is 1. The normalized spacial score (nSPS) is 15.2. The van der Waals surface area contributed by atoms with E-state index in [0.717, 1.165) is 41.9 Å². The fourth-order valence-corrected chi connectivity index (χ4v) is 3.89. The van der Waals surface area contributed by atoms with Crippen molar-refractivity contribution >= 4 is 22.8 Å². The fourth-order valence-electron chi connectivity index (χ4n) is 3.89. The number of ether oxygens (including phenoxy) is 1. The van der Waals surface area contributed by atoms with Gasteiger partial charge >= 0.3 is 0 Å². The van der Waals surface area contributed by atoms with E-state index in [1.165, 1.54) is 12.5 Å². The average molecular weight is 397 g/mol. The van der Waals surface area contributed by atoms with Crippen LogP contribution in [0.5, 0.6) is 0 Å². The highest BCUT2D eigenvalue weighted by molar-refractivity contribution is 5.94. The molecular weight excluding hydrogens is 370 g/mol. The number of anilines is 1. The van der Waals surface area contributed by atoms with Gasteiger partial charge in [-0.15, -0.1) is 0 Å². The van der Waals surface area contributed by atoms with Crippen molar-refractivity contribution in [2.24, 2.45) is 7.05 Å². The minimum absolute atomic E-state index is 0.0345. The highest BCUT2D eigenvalue weighted by Gasteiger charge is 2.27. The first-order chi connectivity index (χ1) is 14.1. The number of carbonyl (C=O) groups excluding carboxylic acids is 1. The van der Waals surface area contributed by atoms with E-state index in [0.29, 0.717) is 31.2 Å². The first-order valence-electron chi connectivity index (χ1n) is 9.92. The standard InChI is InChI=1S/C21H27N5O3/c1-24(9-11-28-3)20-19-18(25(2)14-22-19)12-17(23-20)15-4-7-26(8-5-15)21(27)16-6-10-29-13-16/h6,10,12-15H,4-5,7-9,11H2,1-3H3. The van der Waals surface area contributed by atoms with Gasteiger partial charge in [-0.3, -0.25) is 4.79 Å². The summed E-state index contributed by atoms with van der Waals surface area (Å²) in [7, 11) is 5.72. The van der Waals surface area contributed by atoms with E-state index in [4.69, 9.17) is 14.1 Å². The second-order valence-electron chi connectivity index (χ2n) is 7.59. The lowest BCUT2D eigenvalue weighted by molar-refractivity contribution is 0.0711. The molecule has 4 rings (SSSR count). The Labute approximate surface area is 170 Å². The van der Waals surface area contributed by atoms with Gasteiger partial charge in [0.15, 0.2) is 5.82 Å². The molecule has 1 aliphatic heterocycles. The largest absolute Gasteiger partial charge is 0.472 e. The van der Waals surface area contributed by atoms with Crippen molar-refractivity contribution in [2.75, 3.05) is 45.3 Å². The molecule has 0 atom stereocenters. The molecule has 0 aliphatic carbocycles. The van der Waals surface area contributed by atoms with Crippen molar-refractivity contribution in [1.29, 1.82) is 0 Å². The zero-order valence-corrected chi connectivity index (χ0v) is 17.2. The molecule has 1 aliphatic rings. The summed E-state index contributed by atoms with van der Waals surface area (Å²) >= 11 is 0. The summed E-state index contributed by atoms with van der Waals surface area (Å²) in [6, 6.07) is 3.86. The predicted molar refractivity (Wildman–Crippen MR) is 110 cm³/mol. The third kappa shape index (κ3) is 3.85. The zero-order chi connectivity index (χ0) is 20.4. The van der Waals surface area contributed by atoms with E-state index in [1.54, 1.807) is 13.2 Å². The Bertz CT molecular complexity index is 974. The Morgan fingerprint density at radius 2 is 2.17 bits per heavy atom. The number of nitrogens with zero attached hydrogens (tertiary/aromatic N) is 5. The number of likely N-dealkylation sites (tertiary alicyclic amines) is 1. The number of hydrogen-bond donors (Lipinski definition) is 0. The molecule has 3 aromatic heterocycles. The van der Waals surface area contributed by atoms with Crippen LogP contribution in [0.15, 0.2) is 35.4 Å². The van der Waals surface area contributed by atoms with Crippen molar-refractivity contribution in [2.45, 2.75) is 18.8 Å². The summed E-state index contributed by atoms with van der Waals surface area (Å²) in [4.78, 5) is 26.1.